The van der Waals surface area contributed by atoms with Crippen molar-refractivity contribution in [2.75, 3.05) is 20.3 Å². The number of rotatable bonds is 4. The smallest absolute Gasteiger partial charge is 0.453 e. The van der Waals surface area contributed by atoms with Crippen molar-refractivity contribution < 1.29 is 28.6 Å². The molecule has 136 valence electrons. The Morgan fingerprint density at radius 1 is 1.29 bits per heavy atom. The van der Waals surface area contributed by atoms with Crippen molar-refractivity contribution in [1.29, 1.82) is 0 Å². The molecule has 3 atom stereocenters. The summed E-state index contributed by atoms with van der Waals surface area (Å²) in [6.07, 6.45) is 0.281. The van der Waals surface area contributed by atoms with Crippen LogP contribution in [0.5, 0.6) is 0 Å². The highest BCUT2D eigenvalue weighted by molar-refractivity contribution is 5.84. The number of hydrogen-bond donors (Lipinski definition) is 2. The van der Waals surface area contributed by atoms with Gasteiger partial charge in [-0.15, -0.1) is 0 Å². The van der Waals surface area contributed by atoms with Gasteiger partial charge in [0, 0.05) is 12.6 Å². The molecule has 2 aliphatic rings. The van der Waals surface area contributed by atoms with Crippen LogP contribution in [0, 0.1) is 10.8 Å². The fourth-order valence-electron chi connectivity index (χ4n) is 3.98. The van der Waals surface area contributed by atoms with Gasteiger partial charge < -0.3 is 24.8 Å². The van der Waals surface area contributed by atoms with Gasteiger partial charge in [-0.05, 0) is 30.1 Å². The maximum atomic E-state index is 12.2. The highest BCUT2D eigenvalue weighted by Crippen LogP contribution is 2.45. The van der Waals surface area contributed by atoms with Gasteiger partial charge >= 0.3 is 12.2 Å². The standard InChI is InChI=1S/C16H26N2O6/c1-15(2)5-10(18-12(19)11-7-23-14(21)24-11)6-16(3,8-15)9-17-13(20)22-4/h10-11H,5-9H2,1-4H3,(H,17,20)(H,18,19). The van der Waals surface area contributed by atoms with Gasteiger partial charge in [0.15, 0.2) is 0 Å². The van der Waals surface area contributed by atoms with E-state index in [0.29, 0.717) is 13.0 Å². The van der Waals surface area contributed by atoms with E-state index in [0.717, 1.165) is 12.8 Å². The fraction of sp³-hybridized carbons (Fsp3) is 0.812. The molecule has 8 nitrogen and oxygen atoms in total. The molecule has 0 spiro atoms. The van der Waals surface area contributed by atoms with E-state index in [-0.39, 0.29) is 29.4 Å². The highest BCUT2D eigenvalue weighted by Gasteiger charge is 2.43. The van der Waals surface area contributed by atoms with Crippen molar-refractivity contribution in [2.45, 2.75) is 52.2 Å². The summed E-state index contributed by atoms with van der Waals surface area (Å²) in [4.78, 5) is 34.5. The second kappa shape index (κ2) is 6.86. The minimum absolute atomic E-state index is 0.00555. The van der Waals surface area contributed by atoms with Gasteiger partial charge in [0.25, 0.3) is 5.91 Å². The van der Waals surface area contributed by atoms with E-state index in [4.69, 9.17) is 4.74 Å². The van der Waals surface area contributed by atoms with E-state index in [2.05, 4.69) is 40.9 Å². The number of hydrogen-bond acceptors (Lipinski definition) is 6. The lowest BCUT2D eigenvalue weighted by atomic mass is 9.62. The van der Waals surface area contributed by atoms with Crippen molar-refractivity contribution in [2.24, 2.45) is 10.8 Å². The van der Waals surface area contributed by atoms with Crippen molar-refractivity contribution in [3.05, 3.63) is 0 Å². The van der Waals surface area contributed by atoms with Gasteiger partial charge in [-0.3, -0.25) is 4.79 Å². The maximum Gasteiger partial charge on any atom is 0.509 e. The maximum absolute atomic E-state index is 12.2. The Balaban J connectivity index is 1.97. The summed E-state index contributed by atoms with van der Waals surface area (Å²) in [5.74, 6) is -0.341. The molecule has 3 unspecified atom stereocenters. The Morgan fingerprint density at radius 3 is 2.58 bits per heavy atom. The lowest BCUT2D eigenvalue weighted by molar-refractivity contribution is -0.129. The number of methoxy groups -OCH3 is 1. The summed E-state index contributed by atoms with van der Waals surface area (Å²) < 4.78 is 14.1. The number of cyclic esters (lactones) is 2. The van der Waals surface area contributed by atoms with Crippen LogP contribution in [0.1, 0.15) is 40.0 Å². The first-order chi connectivity index (χ1) is 11.1. The van der Waals surface area contributed by atoms with Gasteiger partial charge in [0.1, 0.15) is 6.61 Å². The van der Waals surface area contributed by atoms with Gasteiger partial charge in [-0.2, -0.15) is 0 Å². The summed E-state index contributed by atoms with van der Waals surface area (Å²) in [5, 5.41) is 5.71. The molecule has 2 N–H and O–H groups in total. The summed E-state index contributed by atoms with van der Waals surface area (Å²) in [6.45, 7) is 6.78. The first-order valence-electron chi connectivity index (χ1n) is 8.08. The Kier molecular flexibility index (Phi) is 5.25. The summed E-state index contributed by atoms with van der Waals surface area (Å²) in [7, 11) is 1.33. The monoisotopic (exact) mass is 342 g/mol. The molecule has 2 fully saturated rings. The predicted molar refractivity (Wildman–Crippen MR) is 84.3 cm³/mol. The van der Waals surface area contributed by atoms with Crippen molar-refractivity contribution in [1.82, 2.24) is 10.6 Å². The van der Waals surface area contributed by atoms with Crippen LogP contribution in [-0.4, -0.2) is 50.6 Å². The van der Waals surface area contributed by atoms with E-state index >= 15 is 0 Å². The van der Waals surface area contributed by atoms with Gasteiger partial charge in [-0.25, -0.2) is 9.59 Å². The van der Waals surface area contributed by atoms with Crippen LogP contribution in [0.15, 0.2) is 0 Å². The number of amides is 2. The molecule has 1 saturated heterocycles. The molecule has 0 radical (unpaired) electrons. The fourth-order valence-corrected chi connectivity index (χ4v) is 3.98. The zero-order chi connectivity index (χ0) is 18.0. The molecule has 2 amide bonds. The quantitative estimate of drug-likeness (QED) is 0.752. The zero-order valence-electron chi connectivity index (χ0n) is 14.6. The Morgan fingerprint density at radius 2 is 2.00 bits per heavy atom. The van der Waals surface area contributed by atoms with Crippen LogP contribution in [-0.2, 0) is 19.0 Å². The second-order valence-electron chi connectivity index (χ2n) is 7.78. The number of carbonyl (C=O) groups excluding carboxylic acids is 3. The summed E-state index contributed by atoms with van der Waals surface area (Å²) in [6, 6.07) is -0.0648. The third-order valence-corrected chi connectivity index (χ3v) is 4.52. The van der Waals surface area contributed by atoms with Crippen LogP contribution in [0.2, 0.25) is 0 Å². The van der Waals surface area contributed by atoms with Crippen LogP contribution >= 0.6 is 0 Å². The molecule has 24 heavy (non-hydrogen) atoms. The molecule has 1 saturated carbocycles. The molecule has 1 heterocycles. The molecule has 0 aromatic rings. The second-order valence-corrected chi connectivity index (χ2v) is 7.78. The van der Waals surface area contributed by atoms with Crippen LogP contribution < -0.4 is 10.6 Å². The van der Waals surface area contributed by atoms with Crippen LogP contribution in [0.25, 0.3) is 0 Å². The molecule has 0 aromatic heterocycles. The van der Waals surface area contributed by atoms with E-state index < -0.39 is 18.4 Å². The van der Waals surface area contributed by atoms with Crippen molar-refractivity contribution in [3.8, 4) is 0 Å². The lowest BCUT2D eigenvalue weighted by Gasteiger charge is -2.46. The third kappa shape index (κ3) is 4.75. The molecule has 0 bridgehead atoms. The molecule has 8 heteroatoms. The number of ether oxygens (including phenoxy) is 3. The number of carbonyl (C=O) groups is 3. The minimum atomic E-state index is -0.887. The lowest BCUT2D eigenvalue weighted by Crippen LogP contribution is -2.52. The molecular formula is C16H26N2O6. The average molecular weight is 342 g/mol. The van der Waals surface area contributed by atoms with E-state index in [1.807, 2.05) is 0 Å². The van der Waals surface area contributed by atoms with Crippen LogP contribution in [0.4, 0.5) is 9.59 Å². The topological polar surface area (TPSA) is 103 Å². The van der Waals surface area contributed by atoms with Crippen molar-refractivity contribution in [3.63, 3.8) is 0 Å². The first-order valence-corrected chi connectivity index (χ1v) is 8.08. The van der Waals surface area contributed by atoms with Gasteiger partial charge in [0.2, 0.25) is 6.10 Å². The zero-order valence-corrected chi connectivity index (χ0v) is 14.6. The Hall–Kier alpha value is -1.99. The predicted octanol–water partition coefficient (Wildman–Crippen LogP) is 1.58. The van der Waals surface area contributed by atoms with E-state index in [9.17, 15) is 14.4 Å². The average Bonchev–Trinajstić information content (AvgIpc) is 2.89. The van der Waals surface area contributed by atoms with Crippen LogP contribution in [0.3, 0.4) is 0 Å². The highest BCUT2D eigenvalue weighted by atomic mass is 16.8. The van der Waals surface area contributed by atoms with Crippen molar-refractivity contribution >= 4 is 18.2 Å². The number of nitrogens with one attached hydrogen (secondary N) is 2. The molecule has 1 aliphatic heterocycles. The molecular weight excluding hydrogens is 316 g/mol. The summed E-state index contributed by atoms with van der Waals surface area (Å²) >= 11 is 0. The van der Waals surface area contributed by atoms with E-state index in [1.54, 1.807) is 0 Å². The largest absolute Gasteiger partial charge is 0.509 e. The third-order valence-electron chi connectivity index (χ3n) is 4.52. The van der Waals surface area contributed by atoms with Gasteiger partial charge in [0.05, 0.1) is 7.11 Å². The molecule has 1 aliphatic carbocycles. The summed E-state index contributed by atoms with van der Waals surface area (Å²) in [5.41, 5.74) is -0.164. The van der Waals surface area contributed by atoms with Gasteiger partial charge in [-0.1, -0.05) is 20.8 Å². The Bertz CT molecular complexity index is 521. The SMILES string of the molecule is COC(=O)NCC1(C)CC(NC(=O)C2COC(=O)O2)CC(C)(C)C1. The number of alkyl carbamates (subject to hydrolysis) is 1. The Labute approximate surface area is 141 Å². The normalized spacial score (nSPS) is 31.6. The first kappa shape index (κ1) is 18.4. The minimum Gasteiger partial charge on any atom is -0.453 e. The molecule has 2 rings (SSSR count). The molecule has 0 aromatic carbocycles. The van der Waals surface area contributed by atoms with E-state index in [1.165, 1.54) is 7.11 Å².